The maximum Gasteiger partial charge on any atom is 0.0539 e. The molecule has 0 aliphatic heterocycles. The van der Waals surface area contributed by atoms with Gasteiger partial charge in [0.05, 0.1) is 6.21 Å². The Labute approximate surface area is 74.6 Å². The molecule has 1 rings (SSSR count). The third-order valence-electron chi connectivity index (χ3n) is 1.11. The van der Waals surface area contributed by atoms with Gasteiger partial charge in [-0.1, -0.05) is 23.2 Å². The van der Waals surface area contributed by atoms with Crippen LogP contribution in [0.25, 0.3) is 0 Å². The van der Waals surface area contributed by atoms with Crippen LogP contribution in [-0.4, -0.2) is 6.21 Å². The first-order valence-corrected chi connectivity index (χ1v) is 3.67. The Morgan fingerprint density at radius 2 is 1.73 bits per heavy atom. The second kappa shape index (κ2) is 3.60. The predicted molar refractivity (Wildman–Crippen MR) is 48.2 cm³/mol. The van der Waals surface area contributed by atoms with Crippen molar-refractivity contribution in [2.45, 2.75) is 0 Å². The van der Waals surface area contributed by atoms with Crippen LogP contribution in [0.15, 0.2) is 23.3 Å². The van der Waals surface area contributed by atoms with Gasteiger partial charge < -0.3 is 5.84 Å². The Balaban J connectivity index is 3.08. The summed E-state index contributed by atoms with van der Waals surface area (Å²) >= 11 is 11.4. The molecule has 0 aliphatic rings. The monoisotopic (exact) mass is 188 g/mol. The first-order chi connectivity index (χ1) is 5.22. The summed E-state index contributed by atoms with van der Waals surface area (Å²) in [7, 11) is 0. The van der Waals surface area contributed by atoms with Crippen molar-refractivity contribution >= 4 is 29.4 Å². The number of benzene rings is 1. The number of rotatable bonds is 1. The average Bonchev–Trinajstić information content (AvgIpc) is 1.85. The van der Waals surface area contributed by atoms with Gasteiger partial charge >= 0.3 is 0 Å². The lowest BCUT2D eigenvalue weighted by molar-refractivity contribution is 1.26. The SMILES string of the molecule is N/N=C/c1cc(Cl)cc(Cl)c1. The minimum absolute atomic E-state index is 0.576. The minimum Gasteiger partial charge on any atom is -0.323 e. The topological polar surface area (TPSA) is 38.4 Å². The van der Waals surface area contributed by atoms with E-state index in [0.717, 1.165) is 5.56 Å². The lowest BCUT2D eigenvalue weighted by atomic mass is 10.2. The van der Waals surface area contributed by atoms with Gasteiger partial charge in [0.1, 0.15) is 0 Å². The Kier molecular flexibility index (Phi) is 2.74. The highest BCUT2D eigenvalue weighted by Crippen LogP contribution is 2.17. The van der Waals surface area contributed by atoms with Crippen molar-refractivity contribution < 1.29 is 0 Å². The molecule has 0 unspecified atom stereocenters. The van der Waals surface area contributed by atoms with Crippen molar-refractivity contribution in [1.82, 2.24) is 0 Å². The molecule has 2 nitrogen and oxygen atoms in total. The zero-order valence-corrected chi connectivity index (χ0v) is 7.10. The third-order valence-corrected chi connectivity index (χ3v) is 1.54. The zero-order valence-electron chi connectivity index (χ0n) is 5.59. The van der Waals surface area contributed by atoms with Crippen LogP contribution >= 0.6 is 23.2 Å². The largest absolute Gasteiger partial charge is 0.323 e. The van der Waals surface area contributed by atoms with Crippen LogP contribution in [0.3, 0.4) is 0 Å². The number of nitrogens with two attached hydrogens (primary N) is 1. The van der Waals surface area contributed by atoms with Gasteiger partial charge in [0.25, 0.3) is 0 Å². The summed E-state index contributed by atoms with van der Waals surface area (Å²) < 4.78 is 0. The second-order valence-electron chi connectivity index (χ2n) is 1.98. The maximum absolute atomic E-state index is 5.70. The Bertz CT molecular complexity index is 264. The molecule has 1 aromatic rings. The first-order valence-electron chi connectivity index (χ1n) is 2.92. The summed E-state index contributed by atoms with van der Waals surface area (Å²) in [5, 5.41) is 4.50. The average molecular weight is 189 g/mol. The van der Waals surface area contributed by atoms with Gasteiger partial charge in [-0.3, -0.25) is 0 Å². The van der Waals surface area contributed by atoms with Gasteiger partial charge in [0.2, 0.25) is 0 Å². The van der Waals surface area contributed by atoms with E-state index in [4.69, 9.17) is 29.0 Å². The van der Waals surface area contributed by atoms with E-state index in [2.05, 4.69) is 5.10 Å². The molecular weight excluding hydrogens is 183 g/mol. The van der Waals surface area contributed by atoms with Crippen molar-refractivity contribution in [1.29, 1.82) is 0 Å². The molecule has 0 saturated carbocycles. The molecule has 0 bridgehead atoms. The molecule has 11 heavy (non-hydrogen) atoms. The van der Waals surface area contributed by atoms with Gasteiger partial charge in [-0.15, -0.1) is 0 Å². The number of hydrazone groups is 1. The van der Waals surface area contributed by atoms with Crippen molar-refractivity contribution in [3.05, 3.63) is 33.8 Å². The number of nitrogens with zero attached hydrogens (tertiary/aromatic N) is 1. The van der Waals surface area contributed by atoms with Crippen molar-refractivity contribution in [3.8, 4) is 0 Å². The molecule has 0 atom stereocenters. The van der Waals surface area contributed by atoms with Crippen LogP contribution in [0.2, 0.25) is 10.0 Å². The molecule has 0 spiro atoms. The van der Waals surface area contributed by atoms with E-state index in [9.17, 15) is 0 Å². The van der Waals surface area contributed by atoms with E-state index in [1.807, 2.05) is 0 Å². The van der Waals surface area contributed by atoms with E-state index in [1.165, 1.54) is 6.21 Å². The normalized spacial score (nSPS) is 10.7. The Hall–Kier alpha value is -0.730. The van der Waals surface area contributed by atoms with Crippen molar-refractivity contribution in [2.24, 2.45) is 10.9 Å². The van der Waals surface area contributed by atoms with Gasteiger partial charge in [-0.05, 0) is 23.8 Å². The number of hydrogen-bond acceptors (Lipinski definition) is 2. The fourth-order valence-electron chi connectivity index (χ4n) is 0.736. The van der Waals surface area contributed by atoms with Crippen molar-refractivity contribution in [2.75, 3.05) is 0 Å². The molecule has 4 heteroatoms. The molecule has 0 saturated heterocycles. The Morgan fingerprint density at radius 1 is 1.18 bits per heavy atom. The van der Waals surface area contributed by atoms with Crippen LogP contribution in [-0.2, 0) is 0 Å². The summed E-state index contributed by atoms with van der Waals surface area (Å²) in [5.41, 5.74) is 0.796. The molecule has 0 amide bonds. The van der Waals surface area contributed by atoms with E-state index >= 15 is 0 Å². The van der Waals surface area contributed by atoms with E-state index in [-0.39, 0.29) is 0 Å². The molecule has 0 radical (unpaired) electrons. The lowest BCUT2D eigenvalue weighted by Crippen LogP contribution is -1.85. The molecule has 58 valence electrons. The van der Waals surface area contributed by atoms with Gasteiger partial charge in [0, 0.05) is 10.0 Å². The summed E-state index contributed by atoms with van der Waals surface area (Å²) in [6.07, 6.45) is 1.48. The smallest absolute Gasteiger partial charge is 0.0539 e. The highest BCUT2D eigenvalue weighted by molar-refractivity contribution is 6.35. The third kappa shape index (κ3) is 2.41. The Morgan fingerprint density at radius 3 is 2.18 bits per heavy atom. The van der Waals surface area contributed by atoms with E-state index in [0.29, 0.717) is 10.0 Å². The molecule has 2 N–H and O–H groups in total. The summed E-state index contributed by atoms with van der Waals surface area (Å²) in [6, 6.07) is 5.10. The highest BCUT2D eigenvalue weighted by atomic mass is 35.5. The van der Waals surface area contributed by atoms with Gasteiger partial charge in [-0.2, -0.15) is 5.10 Å². The molecule has 0 aliphatic carbocycles. The van der Waals surface area contributed by atoms with Gasteiger partial charge in [-0.25, -0.2) is 0 Å². The molecule has 1 aromatic carbocycles. The molecule has 0 fully saturated rings. The number of hydrogen-bond donors (Lipinski definition) is 1. The lowest BCUT2D eigenvalue weighted by Gasteiger charge is -1.94. The zero-order chi connectivity index (χ0) is 8.27. The summed E-state index contributed by atoms with van der Waals surface area (Å²) in [4.78, 5) is 0. The minimum atomic E-state index is 0.576. The number of halogens is 2. The van der Waals surface area contributed by atoms with Crippen LogP contribution in [0.4, 0.5) is 0 Å². The highest BCUT2D eigenvalue weighted by Gasteiger charge is 1.94. The molecule has 0 aromatic heterocycles. The summed E-state index contributed by atoms with van der Waals surface area (Å²) in [5.74, 6) is 4.94. The summed E-state index contributed by atoms with van der Waals surface area (Å²) in [6.45, 7) is 0. The van der Waals surface area contributed by atoms with Crippen LogP contribution in [0.5, 0.6) is 0 Å². The van der Waals surface area contributed by atoms with Crippen molar-refractivity contribution in [3.63, 3.8) is 0 Å². The van der Waals surface area contributed by atoms with Crippen LogP contribution in [0.1, 0.15) is 5.56 Å². The first kappa shape index (κ1) is 8.37. The van der Waals surface area contributed by atoms with Crippen LogP contribution < -0.4 is 5.84 Å². The predicted octanol–water partition coefficient (Wildman–Crippen LogP) is 2.29. The van der Waals surface area contributed by atoms with E-state index in [1.54, 1.807) is 18.2 Å². The quantitative estimate of drug-likeness (QED) is 0.410. The fourth-order valence-corrected chi connectivity index (χ4v) is 1.28. The van der Waals surface area contributed by atoms with E-state index < -0.39 is 0 Å². The standard InChI is InChI=1S/C7H6Cl2N2/c8-6-1-5(4-11-10)2-7(9)3-6/h1-4H,10H2/b11-4+. The molecule has 0 heterocycles. The van der Waals surface area contributed by atoms with Crippen LogP contribution in [0, 0.1) is 0 Å². The molecular formula is C7H6Cl2N2. The maximum atomic E-state index is 5.70. The second-order valence-corrected chi connectivity index (χ2v) is 2.85. The fraction of sp³-hybridized carbons (Fsp3) is 0. The van der Waals surface area contributed by atoms with Gasteiger partial charge in [0.15, 0.2) is 0 Å².